The Bertz CT molecular complexity index is 1320. The van der Waals surface area contributed by atoms with Crippen molar-refractivity contribution in [3.63, 3.8) is 0 Å². The fraction of sp³-hybridized carbons (Fsp3) is 0.320. The second-order valence-corrected chi connectivity index (χ2v) is 10.7. The van der Waals surface area contributed by atoms with Crippen LogP contribution in [0, 0.1) is 11.2 Å². The average Bonchev–Trinajstić information content (AvgIpc) is 2.83. The number of nitrogens with zero attached hydrogens (tertiary/aromatic N) is 2. The number of nitrogens with two attached hydrogens (primary N) is 1. The number of hydrogen-bond acceptors (Lipinski definition) is 6. The molecule has 0 aliphatic carbocycles. The van der Waals surface area contributed by atoms with Gasteiger partial charge in [-0.2, -0.15) is 0 Å². The molecular weight excluding hydrogens is 513 g/mol. The van der Waals surface area contributed by atoms with Gasteiger partial charge in [-0.1, -0.05) is 45.9 Å². The van der Waals surface area contributed by atoms with Gasteiger partial charge in [-0.05, 0) is 40.7 Å². The molecule has 0 saturated heterocycles. The quantitative estimate of drug-likeness (QED) is 0.287. The predicted octanol–water partition coefficient (Wildman–Crippen LogP) is 3.31. The van der Waals surface area contributed by atoms with E-state index in [0.29, 0.717) is 6.21 Å². The van der Waals surface area contributed by atoms with Crippen molar-refractivity contribution >= 4 is 39.8 Å². The molecule has 0 bridgehead atoms. The van der Waals surface area contributed by atoms with Crippen LogP contribution in [-0.2, 0) is 25.9 Å². The van der Waals surface area contributed by atoms with Crippen molar-refractivity contribution in [2.24, 2.45) is 9.50 Å². The number of halogens is 1. The van der Waals surface area contributed by atoms with E-state index in [1.807, 2.05) is 45.9 Å². The summed E-state index contributed by atoms with van der Waals surface area (Å²) in [6, 6.07) is 7.36. The lowest BCUT2D eigenvalue weighted by atomic mass is 9.87. The highest BCUT2D eigenvalue weighted by Crippen LogP contribution is 2.28. The first-order valence-electron chi connectivity index (χ1n) is 11.7. The van der Waals surface area contributed by atoms with E-state index >= 15 is 0 Å². The van der Waals surface area contributed by atoms with Gasteiger partial charge in [-0.3, -0.25) is 14.9 Å². The molecule has 13 heteroatoms. The summed E-state index contributed by atoms with van der Waals surface area (Å²) in [4.78, 5) is 40.0. The van der Waals surface area contributed by atoms with Crippen molar-refractivity contribution in [1.82, 2.24) is 15.6 Å². The fourth-order valence-corrected chi connectivity index (χ4v) is 4.35. The van der Waals surface area contributed by atoms with E-state index in [2.05, 4.69) is 25.3 Å². The van der Waals surface area contributed by atoms with Gasteiger partial charge in [0.15, 0.2) is 0 Å². The summed E-state index contributed by atoms with van der Waals surface area (Å²) in [6.07, 6.45) is 2.33. The van der Waals surface area contributed by atoms with E-state index in [-0.39, 0.29) is 29.0 Å². The Kier molecular flexibility index (Phi) is 10.8. The van der Waals surface area contributed by atoms with Crippen molar-refractivity contribution in [2.45, 2.75) is 46.0 Å². The number of benzene rings is 1. The van der Waals surface area contributed by atoms with Gasteiger partial charge in [-0.15, -0.1) is 4.36 Å². The molecule has 11 nitrogen and oxygen atoms in total. The third-order valence-corrected chi connectivity index (χ3v) is 6.68. The highest BCUT2D eigenvalue weighted by Gasteiger charge is 2.19. The number of nitrogens with one attached hydrogen (secondary N) is 4. The Balaban J connectivity index is 2.08. The molecule has 38 heavy (non-hydrogen) atoms. The van der Waals surface area contributed by atoms with Gasteiger partial charge in [0.05, 0.1) is 24.1 Å². The number of allylic oxidation sites excluding steroid dienone is 1. The molecule has 0 spiro atoms. The first-order chi connectivity index (χ1) is 17.8. The van der Waals surface area contributed by atoms with Gasteiger partial charge in [0.25, 0.3) is 5.91 Å². The van der Waals surface area contributed by atoms with Crippen LogP contribution in [-0.4, -0.2) is 39.8 Å². The molecular formula is C25H32FN7O4S. The first kappa shape index (κ1) is 30.3. The summed E-state index contributed by atoms with van der Waals surface area (Å²) in [5.41, 5.74) is 2.76. The van der Waals surface area contributed by atoms with Gasteiger partial charge >= 0.3 is 6.03 Å². The van der Waals surface area contributed by atoms with Crippen LogP contribution in [0.4, 0.5) is 15.0 Å². The van der Waals surface area contributed by atoms with E-state index in [1.165, 1.54) is 6.07 Å². The molecule has 0 aliphatic heterocycles. The molecule has 0 aliphatic rings. The molecule has 1 heterocycles. The number of pyridine rings is 1. The van der Waals surface area contributed by atoms with Gasteiger partial charge in [0.2, 0.25) is 5.91 Å². The first-order valence-corrected chi connectivity index (χ1v) is 13.3. The molecule has 0 saturated carbocycles. The van der Waals surface area contributed by atoms with Crippen LogP contribution in [0.3, 0.4) is 0 Å². The van der Waals surface area contributed by atoms with E-state index in [4.69, 9.17) is 10.5 Å². The van der Waals surface area contributed by atoms with E-state index in [1.54, 1.807) is 0 Å². The molecule has 0 fully saturated rings. The van der Waals surface area contributed by atoms with E-state index in [9.17, 15) is 23.0 Å². The largest absolute Gasteiger partial charge is 0.330 e. The van der Waals surface area contributed by atoms with Crippen LogP contribution >= 0.6 is 0 Å². The lowest BCUT2D eigenvalue weighted by Gasteiger charge is -2.18. The minimum atomic E-state index is -3.84. The third-order valence-electron chi connectivity index (χ3n) is 5.29. The van der Waals surface area contributed by atoms with E-state index < -0.39 is 40.1 Å². The summed E-state index contributed by atoms with van der Waals surface area (Å²) >= 11 is 0. The minimum Gasteiger partial charge on any atom is -0.330 e. The molecule has 1 aromatic carbocycles. The van der Waals surface area contributed by atoms with Crippen LogP contribution in [0.1, 0.15) is 56.2 Å². The Morgan fingerprint density at radius 3 is 2.29 bits per heavy atom. The van der Waals surface area contributed by atoms with Crippen LogP contribution in [0.2, 0.25) is 0 Å². The zero-order valence-electron chi connectivity index (χ0n) is 21.6. The summed E-state index contributed by atoms with van der Waals surface area (Å²) in [5, 5.41) is 20.1. The predicted molar refractivity (Wildman–Crippen MR) is 144 cm³/mol. The Hall–Kier alpha value is -3.97. The molecule has 1 unspecified atom stereocenters. The van der Waals surface area contributed by atoms with Crippen LogP contribution < -0.4 is 21.1 Å². The summed E-state index contributed by atoms with van der Waals surface area (Å²) < 4.78 is 29.5. The Morgan fingerprint density at radius 2 is 1.76 bits per heavy atom. The standard InChI is InChI=1S/C25H32FN7O4S/c1-15(2)19-6-5-7-20(16(3)4)21(19)10-23(34)33-38(28,37)18(11-27)13-30-24(35)14-31-25(36)32-22-9-8-17(26)12-29-22/h5-9,11-13,15-16,27H,10,14H2,1-4H3,(H,30,35)(H2,28,33,34,37)(H2,29,31,32,36)/b18-13+,27-11?. The highest BCUT2D eigenvalue weighted by atomic mass is 32.2. The summed E-state index contributed by atoms with van der Waals surface area (Å²) in [5.74, 6) is -1.67. The molecule has 1 atom stereocenters. The fourth-order valence-electron chi connectivity index (χ4n) is 3.48. The highest BCUT2D eigenvalue weighted by molar-refractivity contribution is 7.96. The zero-order chi connectivity index (χ0) is 28.5. The van der Waals surface area contributed by atoms with Crippen molar-refractivity contribution in [3.8, 4) is 0 Å². The van der Waals surface area contributed by atoms with E-state index in [0.717, 1.165) is 35.2 Å². The molecule has 6 N–H and O–H groups in total. The SMILES string of the molecule is CC(C)c1cccc(C(C)C)c1CC(=O)N=S(N)(=O)/C(C=N)=C/NC(=O)CNC(=O)Nc1ccc(F)cn1. The maximum Gasteiger partial charge on any atom is 0.320 e. The third kappa shape index (κ3) is 8.85. The topological polar surface area (TPSA) is 179 Å². The summed E-state index contributed by atoms with van der Waals surface area (Å²) in [7, 11) is -3.84. The van der Waals surface area contributed by atoms with Crippen LogP contribution in [0.15, 0.2) is 52.0 Å². The number of urea groups is 1. The Labute approximate surface area is 221 Å². The van der Waals surface area contributed by atoms with Crippen molar-refractivity contribution < 1.29 is 23.0 Å². The van der Waals surface area contributed by atoms with Gasteiger partial charge < -0.3 is 16.0 Å². The number of carbonyl (C=O) groups excluding carboxylic acids is 3. The minimum absolute atomic E-state index is 0.0703. The average molecular weight is 546 g/mol. The Morgan fingerprint density at radius 1 is 1.13 bits per heavy atom. The lowest BCUT2D eigenvalue weighted by Crippen LogP contribution is -2.37. The maximum atomic E-state index is 13.0. The molecule has 4 amide bonds. The molecule has 204 valence electrons. The number of carbonyl (C=O) groups is 3. The van der Waals surface area contributed by atoms with Crippen LogP contribution in [0.5, 0.6) is 0 Å². The second-order valence-electron chi connectivity index (χ2n) is 8.88. The van der Waals surface area contributed by atoms with Gasteiger partial charge in [-0.25, -0.2) is 23.5 Å². The summed E-state index contributed by atoms with van der Waals surface area (Å²) in [6.45, 7) is 7.53. The number of hydrogen-bond donors (Lipinski definition) is 5. The lowest BCUT2D eigenvalue weighted by molar-refractivity contribution is -0.119. The number of aromatic nitrogens is 1. The number of anilines is 1. The molecule has 2 aromatic rings. The number of rotatable bonds is 10. The smallest absolute Gasteiger partial charge is 0.320 e. The second kappa shape index (κ2) is 13.5. The van der Waals surface area contributed by atoms with Crippen LogP contribution in [0.25, 0.3) is 0 Å². The van der Waals surface area contributed by atoms with Gasteiger partial charge in [0, 0.05) is 12.4 Å². The van der Waals surface area contributed by atoms with Crippen molar-refractivity contribution in [2.75, 3.05) is 11.9 Å². The normalized spacial score (nSPS) is 13.0. The molecule has 1 aromatic heterocycles. The van der Waals surface area contributed by atoms with Gasteiger partial charge in [0.1, 0.15) is 21.6 Å². The molecule has 2 rings (SSSR count). The number of amides is 4. The molecule has 0 radical (unpaired) electrons. The zero-order valence-corrected chi connectivity index (χ0v) is 22.4. The maximum absolute atomic E-state index is 13.0. The van der Waals surface area contributed by atoms with Crippen molar-refractivity contribution in [3.05, 3.63) is 70.1 Å². The monoisotopic (exact) mass is 545 g/mol. The van der Waals surface area contributed by atoms with Crippen molar-refractivity contribution in [1.29, 1.82) is 5.41 Å².